The van der Waals surface area contributed by atoms with E-state index in [1.54, 1.807) is 0 Å². The number of rotatable bonds is 4. The summed E-state index contributed by atoms with van der Waals surface area (Å²) in [6.07, 6.45) is 8.24. The molecule has 0 saturated heterocycles. The number of hydrogen-bond acceptors (Lipinski definition) is 3. The van der Waals surface area contributed by atoms with E-state index in [-0.39, 0.29) is 6.04 Å². The molecule has 216 valence electrons. The molecule has 1 atom stereocenters. The summed E-state index contributed by atoms with van der Waals surface area (Å²) in [6.45, 7) is 0. The third-order valence-corrected chi connectivity index (χ3v) is 9.13. The molecule has 7 aromatic carbocycles. The van der Waals surface area contributed by atoms with E-state index in [9.17, 15) is 0 Å². The second-order valence-electron chi connectivity index (χ2n) is 11.9. The minimum Gasteiger partial charge on any atom is -0.381 e. The standard InChI is InChI=1S/C43H29N3/c1-3-13-32-30(11-1)25-38(36-17-7-5-15-34(32)36)41-27-42(39-26-31-12-2-4-14-33(31)35-16-6-8-18-37(35)39)46-43(45-41)29-22-20-28(21-23-29)40-19-9-10-24-44-40/h1-27,40,44H. The van der Waals surface area contributed by atoms with Gasteiger partial charge in [-0.15, -0.1) is 0 Å². The van der Waals surface area contributed by atoms with E-state index in [2.05, 4.69) is 157 Å². The van der Waals surface area contributed by atoms with Crippen LogP contribution in [0.3, 0.4) is 0 Å². The third-order valence-electron chi connectivity index (χ3n) is 9.13. The van der Waals surface area contributed by atoms with Crippen LogP contribution in [0.5, 0.6) is 0 Å². The summed E-state index contributed by atoms with van der Waals surface area (Å²) in [7, 11) is 0. The van der Waals surface area contributed by atoms with E-state index in [0.717, 1.165) is 28.1 Å². The molecule has 0 aliphatic carbocycles. The van der Waals surface area contributed by atoms with E-state index in [1.165, 1.54) is 48.7 Å². The second kappa shape index (κ2) is 10.8. The highest BCUT2D eigenvalue weighted by Gasteiger charge is 2.17. The summed E-state index contributed by atoms with van der Waals surface area (Å²) < 4.78 is 0. The first kappa shape index (κ1) is 26.4. The highest BCUT2D eigenvalue weighted by atomic mass is 14.9. The van der Waals surface area contributed by atoms with Crippen LogP contribution in [0.2, 0.25) is 0 Å². The molecule has 0 saturated carbocycles. The molecule has 3 nitrogen and oxygen atoms in total. The molecule has 1 N–H and O–H groups in total. The van der Waals surface area contributed by atoms with Crippen molar-refractivity contribution in [2.75, 3.05) is 0 Å². The summed E-state index contributed by atoms with van der Waals surface area (Å²) in [5, 5.41) is 13.1. The zero-order valence-electron chi connectivity index (χ0n) is 25.1. The van der Waals surface area contributed by atoms with Crippen molar-refractivity contribution in [2.24, 2.45) is 0 Å². The molecule has 0 fully saturated rings. The summed E-state index contributed by atoms with van der Waals surface area (Å²) in [5.41, 5.74) is 6.20. The number of dihydropyridines is 1. The Morgan fingerprint density at radius 3 is 1.48 bits per heavy atom. The minimum absolute atomic E-state index is 0.148. The number of nitrogens with zero attached hydrogens (tertiary/aromatic N) is 2. The lowest BCUT2D eigenvalue weighted by molar-refractivity contribution is 0.746. The van der Waals surface area contributed by atoms with E-state index in [4.69, 9.17) is 9.97 Å². The lowest BCUT2D eigenvalue weighted by Crippen LogP contribution is -2.14. The first-order chi connectivity index (χ1) is 22.8. The van der Waals surface area contributed by atoms with Gasteiger partial charge in [0, 0.05) is 16.7 Å². The van der Waals surface area contributed by atoms with Gasteiger partial charge in [-0.1, -0.05) is 133 Å². The largest absolute Gasteiger partial charge is 0.381 e. The molecule has 2 heterocycles. The molecule has 1 unspecified atom stereocenters. The fourth-order valence-electron chi connectivity index (χ4n) is 6.88. The Morgan fingerprint density at radius 1 is 0.457 bits per heavy atom. The molecule has 1 aliphatic rings. The van der Waals surface area contributed by atoms with Gasteiger partial charge in [0.1, 0.15) is 0 Å². The van der Waals surface area contributed by atoms with Crippen molar-refractivity contribution in [3.05, 3.63) is 170 Å². The van der Waals surface area contributed by atoms with Gasteiger partial charge in [0.25, 0.3) is 0 Å². The lowest BCUT2D eigenvalue weighted by atomic mass is 9.93. The van der Waals surface area contributed by atoms with Crippen molar-refractivity contribution in [3.63, 3.8) is 0 Å². The molecule has 0 bridgehead atoms. The predicted molar refractivity (Wildman–Crippen MR) is 193 cm³/mol. The number of benzene rings is 7. The smallest absolute Gasteiger partial charge is 0.160 e. The Labute approximate surface area is 267 Å². The van der Waals surface area contributed by atoms with Crippen LogP contribution < -0.4 is 5.32 Å². The average molecular weight is 588 g/mol. The van der Waals surface area contributed by atoms with E-state index in [0.29, 0.717) is 5.82 Å². The van der Waals surface area contributed by atoms with Crippen LogP contribution in [0.1, 0.15) is 11.6 Å². The fraction of sp³-hybridized carbons (Fsp3) is 0.0233. The molecule has 1 aromatic heterocycles. The van der Waals surface area contributed by atoms with E-state index >= 15 is 0 Å². The Bertz CT molecular complexity index is 2370. The molecule has 0 radical (unpaired) electrons. The molecule has 8 aromatic rings. The Hall–Kier alpha value is -6.06. The predicted octanol–water partition coefficient (Wildman–Crippen LogP) is 10.8. The number of nitrogens with one attached hydrogen (secondary N) is 1. The Balaban J connectivity index is 1.31. The van der Waals surface area contributed by atoms with E-state index < -0.39 is 0 Å². The van der Waals surface area contributed by atoms with Crippen LogP contribution in [-0.4, -0.2) is 9.97 Å². The van der Waals surface area contributed by atoms with Gasteiger partial charge in [-0.3, -0.25) is 0 Å². The highest BCUT2D eigenvalue weighted by Crippen LogP contribution is 2.39. The van der Waals surface area contributed by atoms with Crippen molar-refractivity contribution in [1.29, 1.82) is 0 Å². The van der Waals surface area contributed by atoms with Gasteiger partial charge in [-0.2, -0.15) is 0 Å². The second-order valence-corrected chi connectivity index (χ2v) is 11.9. The monoisotopic (exact) mass is 587 g/mol. The SMILES string of the molecule is C1=CNC(c2ccc(-c3nc(-c4cc5ccccc5c5ccccc45)cc(-c4cc5ccccc5c5ccccc45)n3)cc2)C=C1. The molecule has 0 spiro atoms. The topological polar surface area (TPSA) is 37.8 Å². The number of hydrogen-bond donors (Lipinski definition) is 1. The summed E-state index contributed by atoms with van der Waals surface area (Å²) in [5.74, 6) is 0.709. The zero-order chi connectivity index (χ0) is 30.5. The van der Waals surface area contributed by atoms with Crippen LogP contribution in [0.25, 0.3) is 77.0 Å². The minimum atomic E-state index is 0.148. The van der Waals surface area contributed by atoms with Gasteiger partial charge < -0.3 is 5.32 Å². The van der Waals surface area contributed by atoms with Gasteiger partial charge in [-0.25, -0.2) is 9.97 Å². The van der Waals surface area contributed by atoms with Crippen molar-refractivity contribution < 1.29 is 0 Å². The first-order valence-corrected chi connectivity index (χ1v) is 15.7. The van der Waals surface area contributed by atoms with Gasteiger partial charge in [0.05, 0.1) is 17.4 Å². The van der Waals surface area contributed by atoms with Crippen LogP contribution in [0, 0.1) is 0 Å². The summed E-state index contributed by atoms with van der Waals surface area (Å²) in [6, 6.07) is 50.0. The number of allylic oxidation sites excluding steroid dienone is 2. The maximum Gasteiger partial charge on any atom is 0.160 e. The molecule has 1 aliphatic heterocycles. The first-order valence-electron chi connectivity index (χ1n) is 15.7. The van der Waals surface area contributed by atoms with Crippen molar-refractivity contribution in [3.8, 4) is 33.9 Å². The van der Waals surface area contributed by atoms with Gasteiger partial charge in [0.15, 0.2) is 5.82 Å². The van der Waals surface area contributed by atoms with Crippen LogP contribution in [0.15, 0.2) is 164 Å². The van der Waals surface area contributed by atoms with E-state index in [1.807, 2.05) is 12.3 Å². The van der Waals surface area contributed by atoms with Crippen LogP contribution in [0.4, 0.5) is 0 Å². The number of fused-ring (bicyclic) bond motifs is 6. The quantitative estimate of drug-likeness (QED) is 0.208. The normalized spacial score (nSPS) is 14.3. The van der Waals surface area contributed by atoms with Gasteiger partial charge in [0.2, 0.25) is 0 Å². The third kappa shape index (κ3) is 4.44. The fourth-order valence-corrected chi connectivity index (χ4v) is 6.88. The Kier molecular flexibility index (Phi) is 6.20. The number of aromatic nitrogens is 2. The molecule has 46 heavy (non-hydrogen) atoms. The molecular weight excluding hydrogens is 558 g/mol. The van der Waals surface area contributed by atoms with Crippen molar-refractivity contribution in [2.45, 2.75) is 6.04 Å². The molecule has 9 rings (SSSR count). The van der Waals surface area contributed by atoms with Crippen molar-refractivity contribution >= 4 is 43.1 Å². The Morgan fingerprint density at radius 2 is 0.957 bits per heavy atom. The molecular formula is C43H29N3. The van der Waals surface area contributed by atoms with Crippen LogP contribution in [-0.2, 0) is 0 Å². The summed E-state index contributed by atoms with van der Waals surface area (Å²) in [4.78, 5) is 10.6. The van der Waals surface area contributed by atoms with Gasteiger partial charge >= 0.3 is 0 Å². The summed E-state index contributed by atoms with van der Waals surface area (Å²) >= 11 is 0. The van der Waals surface area contributed by atoms with Gasteiger partial charge in [-0.05, 0) is 79.1 Å². The molecule has 0 amide bonds. The zero-order valence-corrected chi connectivity index (χ0v) is 25.1. The maximum absolute atomic E-state index is 5.29. The molecule has 3 heteroatoms. The lowest BCUT2D eigenvalue weighted by Gasteiger charge is -2.17. The van der Waals surface area contributed by atoms with Crippen molar-refractivity contribution in [1.82, 2.24) is 15.3 Å². The average Bonchev–Trinajstić information content (AvgIpc) is 3.14. The highest BCUT2D eigenvalue weighted by molar-refractivity contribution is 6.15. The van der Waals surface area contributed by atoms with Crippen LogP contribution >= 0.6 is 0 Å². The maximum atomic E-state index is 5.29.